The number of carbonyl (C=O) groups excluding carboxylic acids is 1. The third-order valence-corrected chi connectivity index (χ3v) is 8.33. The van der Waals surface area contributed by atoms with Gasteiger partial charge in [-0.25, -0.2) is 8.42 Å². The fraction of sp³-hybridized carbons (Fsp3) is 0.292. The van der Waals surface area contributed by atoms with Crippen LogP contribution in [-0.4, -0.2) is 27.4 Å². The highest BCUT2D eigenvalue weighted by molar-refractivity contribution is 7.92. The fourth-order valence-corrected chi connectivity index (χ4v) is 6.55. The number of halogens is 1. The van der Waals surface area contributed by atoms with Gasteiger partial charge in [0.15, 0.2) is 0 Å². The molecule has 2 heterocycles. The van der Waals surface area contributed by atoms with E-state index < -0.39 is 10.0 Å². The molecule has 9 heteroatoms. The maximum absolute atomic E-state index is 13.2. The lowest BCUT2D eigenvalue weighted by Crippen LogP contribution is -2.22. The van der Waals surface area contributed by atoms with Gasteiger partial charge in [-0.3, -0.25) is 9.52 Å². The average molecular weight is 504 g/mol. The summed E-state index contributed by atoms with van der Waals surface area (Å²) >= 11 is 7.13. The second-order valence-corrected chi connectivity index (χ2v) is 11.3. The highest BCUT2D eigenvalue weighted by Gasteiger charge is 2.23. The number of hydrogen-bond donors (Lipinski definition) is 2. The smallest absolute Gasteiger partial charge is 0.267 e. The van der Waals surface area contributed by atoms with Crippen molar-refractivity contribution in [3.05, 3.63) is 68.4 Å². The Morgan fingerprint density at radius 3 is 2.48 bits per heavy atom. The van der Waals surface area contributed by atoms with Crippen LogP contribution >= 0.6 is 22.9 Å². The van der Waals surface area contributed by atoms with Crippen LogP contribution in [0.2, 0.25) is 5.02 Å². The van der Waals surface area contributed by atoms with Crippen molar-refractivity contribution in [2.45, 2.75) is 38.5 Å². The van der Waals surface area contributed by atoms with Crippen LogP contribution in [0.4, 0.5) is 17.1 Å². The first-order valence-corrected chi connectivity index (χ1v) is 13.4. The van der Waals surface area contributed by atoms with Crippen molar-refractivity contribution >= 4 is 55.9 Å². The third kappa shape index (κ3) is 4.88. The second-order valence-electron chi connectivity index (χ2n) is 8.23. The Kier molecular flexibility index (Phi) is 6.70. The number of hydrogen-bond acceptors (Lipinski definition) is 5. The van der Waals surface area contributed by atoms with Crippen LogP contribution in [0.1, 0.15) is 39.2 Å². The fourth-order valence-electron chi connectivity index (χ4n) is 4.37. The van der Waals surface area contributed by atoms with E-state index in [9.17, 15) is 13.2 Å². The van der Waals surface area contributed by atoms with E-state index in [2.05, 4.69) is 27.9 Å². The number of thiophene rings is 1. The van der Waals surface area contributed by atoms with Gasteiger partial charge in [-0.1, -0.05) is 23.7 Å². The Hall–Kier alpha value is -2.55. The molecule has 0 spiro atoms. The number of nitrogens with one attached hydrogen (secondary N) is 2. The lowest BCUT2D eigenvalue weighted by Gasteiger charge is -2.26. The minimum Gasteiger partial charge on any atom is -0.371 e. The number of aryl methyl sites for hydroxylation is 2. The van der Waals surface area contributed by atoms with Crippen LogP contribution in [0, 0.1) is 20.8 Å². The maximum Gasteiger partial charge on any atom is 0.267 e. The lowest BCUT2D eigenvalue weighted by atomic mass is 10.0. The average Bonchev–Trinajstić information content (AvgIpc) is 3.43. The van der Waals surface area contributed by atoms with Crippen LogP contribution in [0.25, 0.3) is 0 Å². The summed E-state index contributed by atoms with van der Waals surface area (Å²) in [6.45, 7) is 8.12. The molecule has 2 N–H and O–H groups in total. The quantitative estimate of drug-likeness (QED) is 0.433. The van der Waals surface area contributed by atoms with Gasteiger partial charge in [-0.15, -0.1) is 11.3 Å². The predicted molar refractivity (Wildman–Crippen MR) is 137 cm³/mol. The van der Waals surface area contributed by atoms with Crippen molar-refractivity contribution in [2.24, 2.45) is 0 Å². The standard InChI is InChI=1S/C24H26ClN3O3S2/c1-15-13-16(2)22(28-10-4-5-11-28)17(3)21(15)26-24(29)23-20(9-12-32-23)27-33(30,31)19-8-6-7-18(25)14-19/h6-9,12-14,27H,4-5,10-11H2,1-3H3,(H,26,29). The van der Waals surface area contributed by atoms with E-state index in [1.807, 2.05) is 13.8 Å². The summed E-state index contributed by atoms with van der Waals surface area (Å²) in [5.41, 5.74) is 5.36. The molecule has 174 valence electrons. The van der Waals surface area contributed by atoms with Crippen molar-refractivity contribution in [1.29, 1.82) is 0 Å². The molecule has 0 bridgehead atoms. The Morgan fingerprint density at radius 1 is 1.06 bits per heavy atom. The van der Waals surface area contributed by atoms with Gasteiger partial charge in [-0.2, -0.15) is 0 Å². The monoisotopic (exact) mass is 503 g/mol. The Bertz CT molecular complexity index is 1310. The van der Waals surface area contributed by atoms with Gasteiger partial charge in [0.1, 0.15) is 4.88 Å². The summed E-state index contributed by atoms with van der Waals surface area (Å²) in [6, 6.07) is 9.68. The third-order valence-electron chi connectivity index (χ3n) is 5.81. The van der Waals surface area contributed by atoms with E-state index in [0.717, 1.165) is 29.9 Å². The van der Waals surface area contributed by atoms with Gasteiger partial charge < -0.3 is 10.2 Å². The number of nitrogens with zero attached hydrogens (tertiary/aromatic N) is 1. The van der Waals surface area contributed by atoms with Crippen molar-refractivity contribution in [3.63, 3.8) is 0 Å². The van der Waals surface area contributed by atoms with Crippen molar-refractivity contribution in [1.82, 2.24) is 0 Å². The predicted octanol–water partition coefficient (Wildman–Crippen LogP) is 5.98. The van der Waals surface area contributed by atoms with E-state index in [0.29, 0.717) is 9.90 Å². The van der Waals surface area contributed by atoms with Crippen LogP contribution in [0.15, 0.2) is 46.7 Å². The summed E-state index contributed by atoms with van der Waals surface area (Å²) in [7, 11) is -3.89. The molecule has 4 rings (SSSR count). The molecule has 33 heavy (non-hydrogen) atoms. The van der Waals surface area contributed by atoms with E-state index >= 15 is 0 Å². The molecule has 0 atom stereocenters. The van der Waals surface area contributed by atoms with E-state index in [1.165, 1.54) is 47.6 Å². The minimum atomic E-state index is -3.89. The molecule has 2 aromatic carbocycles. The summed E-state index contributed by atoms with van der Waals surface area (Å²) in [5, 5.41) is 5.05. The van der Waals surface area contributed by atoms with Crippen LogP contribution in [-0.2, 0) is 10.0 Å². The first kappa shape index (κ1) is 23.6. The molecule has 3 aromatic rings. The van der Waals surface area contributed by atoms with Gasteiger partial charge >= 0.3 is 0 Å². The van der Waals surface area contributed by atoms with Crippen LogP contribution in [0.5, 0.6) is 0 Å². The molecule has 1 saturated heterocycles. The molecule has 0 saturated carbocycles. The summed E-state index contributed by atoms with van der Waals surface area (Å²) < 4.78 is 28.2. The largest absolute Gasteiger partial charge is 0.371 e. The number of sulfonamides is 1. The zero-order valence-corrected chi connectivity index (χ0v) is 21.1. The number of amides is 1. The molecule has 1 aromatic heterocycles. The van der Waals surface area contributed by atoms with E-state index in [-0.39, 0.29) is 16.5 Å². The van der Waals surface area contributed by atoms with Gasteiger partial charge in [0, 0.05) is 29.5 Å². The molecule has 1 fully saturated rings. The Labute approximate surface area is 203 Å². The zero-order chi connectivity index (χ0) is 23.8. The molecule has 1 aliphatic heterocycles. The summed E-state index contributed by atoms with van der Waals surface area (Å²) in [6.07, 6.45) is 2.33. The second kappa shape index (κ2) is 9.37. The Balaban J connectivity index is 1.61. The SMILES string of the molecule is Cc1cc(C)c(N2CCCC2)c(C)c1NC(=O)c1sccc1NS(=O)(=O)c1cccc(Cl)c1. The first-order chi connectivity index (χ1) is 15.7. The molecule has 1 amide bonds. The zero-order valence-electron chi connectivity index (χ0n) is 18.7. The molecular formula is C24H26ClN3O3S2. The molecule has 1 aliphatic rings. The van der Waals surface area contributed by atoms with Crippen molar-refractivity contribution in [2.75, 3.05) is 28.0 Å². The van der Waals surface area contributed by atoms with Gasteiger partial charge in [0.2, 0.25) is 0 Å². The number of benzene rings is 2. The molecule has 6 nitrogen and oxygen atoms in total. The minimum absolute atomic E-state index is 0.0352. The molecular weight excluding hydrogens is 478 g/mol. The van der Waals surface area contributed by atoms with Crippen molar-refractivity contribution in [3.8, 4) is 0 Å². The van der Waals surface area contributed by atoms with Gasteiger partial charge in [0.05, 0.1) is 10.6 Å². The highest BCUT2D eigenvalue weighted by Crippen LogP contribution is 2.36. The number of anilines is 3. The van der Waals surface area contributed by atoms with Gasteiger partial charge in [0.25, 0.3) is 15.9 Å². The number of carbonyl (C=O) groups is 1. The van der Waals surface area contributed by atoms with Crippen molar-refractivity contribution < 1.29 is 13.2 Å². The highest BCUT2D eigenvalue weighted by atomic mass is 35.5. The molecule has 0 aliphatic carbocycles. The lowest BCUT2D eigenvalue weighted by molar-refractivity contribution is 0.103. The first-order valence-electron chi connectivity index (χ1n) is 10.7. The summed E-state index contributed by atoms with van der Waals surface area (Å²) in [4.78, 5) is 15.9. The molecule has 0 radical (unpaired) electrons. The van der Waals surface area contributed by atoms with E-state index in [1.54, 1.807) is 23.6 Å². The summed E-state index contributed by atoms with van der Waals surface area (Å²) in [5.74, 6) is -0.351. The normalized spacial score (nSPS) is 13.9. The molecule has 0 unspecified atom stereocenters. The Morgan fingerprint density at radius 2 is 1.79 bits per heavy atom. The van der Waals surface area contributed by atoms with Gasteiger partial charge in [-0.05, 0) is 79.9 Å². The van der Waals surface area contributed by atoms with E-state index in [4.69, 9.17) is 11.6 Å². The maximum atomic E-state index is 13.2. The van der Waals surface area contributed by atoms with Crippen LogP contribution < -0.4 is 14.9 Å². The number of rotatable bonds is 6. The topological polar surface area (TPSA) is 78.5 Å². The van der Waals surface area contributed by atoms with Crippen LogP contribution in [0.3, 0.4) is 0 Å².